The fraction of sp³-hybridized carbons (Fsp3) is 0.280. The maximum atomic E-state index is 14.3. The molecule has 3 N–H and O–H groups in total. The van der Waals surface area contributed by atoms with E-state index in [1.807, 2.05) is 24.6 Å². The third kappa shape index (κ3) is 3.91. The Labute approximate surface area is 205 Å². The summed E-state index contributed by atoms with van der Waals surface area (Å²) >= 11 is 0. The van der Waals surface area contributed by atoms with Crippen molar-refractivity contribution in [1.82, 2.24) is 19.3 Å². The second-order valence-electron chi connectivity index (χ2n) is 8.77. The van der Waals surface area contributed by atoms with Crippen LogP contribution in [0.3, 0.4) is 0 Å². The minimum atomic E-state index is -0.970. The molecule has 0 radical (unpaired) electrons. The summed E-state index contributed by atoms with van der Waals surface area (Å²) in [6.45, 7) is 3.12. The van der Waals surface area contributed by atoms with Gasteiger partial charge < -0.3 is 20.5 Å². The molecule has 0 unspecified atom stereocenters. The molecule has 0 spiro atoms. The number of carbonyl (C=O) groups is 1. The molecule has 11 heteroatoms. The van der Waals surface area contributed by atoms with E-state index < -0.39 is 28.8 Å². The molecule has 1 atom stereocenters. The van der Waals surface area contributed by atoms with Crippen molar-refractivity contribution in [3.63, 3.8) is 0 Å². The van der Waals surface area contributed by atoms with Crippen molar-refractivity contribution in [3.05, 3.63) is 76.0 Å². The molecule has 1 saturated heterocycles. The molecule has 3 heterocycles. The number of aromatic nitrogens is 4. The van der Waals surface area contributed by atoms with Gasteiger partial charge in [-0.2, -0.15) is 9.78 Å². The van der Waals surface area contributed by atoms with Crippen molar-refractivity contribution in [3.8, 4) is 5.69 Å². The number of imidazole rings is 1. The SMILES string of the molecule is Cc1nc2c(N3CCC[C@H]3CN)c(NC(=O)c3ccc(=O)n(-c4c(F)cccc4F)n3)ccc2n1C. The Kier molecular flexibility index (Phi) is 6.00. The summed E-state index contributed by atoms with van der Waals surface area (Å²) in [6, 6.07) is 9.22. The van der Waals surface area contributed by atoms with Gasteiger partial charge in [0.25, 0.3) is 11.5 Å². The van der Waals surface area contributed by atoms with Crippen molar-refractivity contribution >= 4 is 28.3 Å². The van der Waals surface area contributed by atoms with Gasteiger partial charge in [0.15, 0.2) is 11.6 Å². The maximum Gasteiger partial charge on any atom is 0.276 e. The summed E-state index contributed by atoms with van der Waals surface area (Å²) in [5, 5.41) is 6.82. The molecular formula is C25H25F2N7O2. The van der Waals surface area contributed by atoms with Gasteiger partial charge in [-0.25, -0.2) is 13.8 Å². The van der Waals surface area contributed by atoms with Gasteiger partial charge in [-0.05, 0) is 50.1 Å². The van der Waals surface area contributed by atoms with Crippen molar-refractivity contribution in [1.29, 1.82) is 0 Å². The topological polar surface area (TPSA) is 111 Å². The second-order valence-corrected chi connectivity index (χ2v) is 8.77. The van der Waals surface area contributed by atoms with Gasteiger partial charge in [0, 0.05) is 32.2 Å². The average molecular weight is 494 g/mol. The number of aryl methyl sites for hydroxylation is 2. The van der Waals surface area contributed by atoms with Gasteiger partial charge in [0.1, 0.15) is 22.7 Å². The van der Waals surface area contributed by atoms with Crippen LogP contribution in [0.1, 0.15) is 29.2 Å². The number of nitrogens with two attached hydrogens (primary N) is 1. The molecule has 0 bridgehead atoms. The number of rotatable bonds is 5. The number of nitrogens with zero attached hydrogens (tertiary/aromatic N) is 5. The Hall–Kier alpha value is -4.12. The zero-order valence-electron chi connectivity index (χ0n) is 19.8. The Morgan fingerprint density at radius 1 is 1.14 bits per heavy atom. The van der Waals surface area contributed by atoms with E-state index >= 15 is 0 Å². The average Bonchev–Trinajstić information content (AvgIpc) is 3.44. The molecule has 1 fully saturated rings. The zero-order valence-corrected chi connectivity index (χ0v) is 19.8. The summed E-state index contributed by atoms with van der Waals surface area (Å²) < 4.78 is 31.1. The largest absolute Gasteiger partial charge is 0.364 e. The van der Waals surface area contributed by atoms with Crippen LogP contribution in [0.4, 0.5) is 20.2 Å². The predicted octanol–water partition coefficient (Wildman–Crippen LogP) is 2.89. The van der Waals surface area contributed by atoms with Crippen LogP contribution in [0.25, 0.3) is 16.7 Å². The molecule has 0 aliphatic carbocycles. The second kappa shape index (κ2) is 9.15. The summed E-state index contributed by atoms with van der Waals surface area (Å²) in [5.74, 6) is -1.76. The quantitative estimate of drug-likeness (QED) is 0.442. The molecule has 186 valence electrons. The Balaban J connectivity index is 1.58. The number of amides is 1. The fourth-order valence-corrected chi connectivity index (χ4v) is 4.70. The first kappa shape index (κ1) is 23.6. The highest BCUT2D eigenvalue weighted by Crippen LogP contribution is 2.38. The van der Waals surface area contributed by atoms with Crippen molar-refractivity contribution in [2.75, 3.05) is 23.3 Å². The highest BCUT2D eigenvalue weighted by Gasteiger charge is 2.29. The molecule has 5 rings (SSSR count). The lowest BCUT2D eigenvalue weighted by atomic mass is 10.1. The van der Waals surface area contributed by atoms with E-state index in [9.17, 15) is 18.4 Å². The lowest BCUT2D eigenvalue weighted by Gasteiger charge is -2.28. The van der Waals surface area contributed by atoms with Crippen LogP contribution in [0, 0.1) is 18.6 Å². The molecule has 1 aliphatic heterocycles. The van der Waals surface area contributed by atoms with Gasteiger partial charge in [-0.15, -0.1) is 0 Å². The zero-order chi connectivity index (χ0) is 25.6. The van der Waals surface area contributed by atoms with Gasteiger partial charge in [0.2, 0.25) is 0 Å². The maximum absolute atomic E-state index is 14.3. The number of nitrogens with one attached hydrogen (secondary N) is 1. The van der Waals surface area contributed by atoms with E-state index in [2.05, 4.69) is 15.3 Å². The number of hydrogen-bond donors (Lipinski definition) is 2. The third-order valence-electron chi connectivity index (χ3n) is 6.62. The fourth-order valence-electron chi connectivity index (χ4n) is 4.70. The lowest BCUT2D eigenvalue weighted by molar-refractivity contribution is 0.102. The monoisotopic (exact) mass is 493 g/mol. The Morgan fingerprint density at radius 3 is 2.61 bits per heavy atom. The standard InChI is InChI=1S/C25H25F2N7O2/c1-14-29-22-20(32(14)2)10-8-18(24(22)33-12-4-5-15(33)13-28)30-25(36)19-9-11-21(35)34(31-19)23-16(26)6-3-7-17(23)27/h3,6-11,15H,4-5,12-13,28H2,1-2H3,(H,30,36)/t15-/m0/s1. The molecule has 4 aromatic rings. The molecule has 0 saturated carbocycles. The first-order valence-electron chi connectivity index (χ1n) is 11.6. The number of hydrogen-bond acceptors (Lipinski definition) is 6. The number of para-hydroxylation sites is 1. The first-order chi connectivity index (χ1) is 17.3. The number of fused-ring (bicyclic) bond motifs is 1. The van der Waals surface area contributed by atoms with Crippen LogP contribution in [0.2, 0.25) is 0 Å². The molecule has 2 aromatic carbocycles. The molecule has 9 nitrogen and oxygen atoms in total. The number of benzene rings is 2. The van der Waals surface area contributed by atoms with E-state index in [-0.39, 0.29) is 11.7 Å². The minimum Gasteiger partial charge on any atom is -0.364 e. The predicted molar refractivity (Wildman–Crippen MR) is 133 cm³/mol. The normalized spacial score (nSPS) is 15.6. The van der Waals surface area contributed by atoms with Crippen LogP contribution in [0.15, 0.2) is 47.3 Å². The summed E-state index contributed by atoms with van der Waals surface area (Å²) in [7, 11) is 1.92. The van der Waals surface area contributed by atoms with Crippen molar-refractivity contribution in [2.24, 2.45) is 12.8 Å². The smallest absolute Gasteiger partial charge is 0.276 e. The molecule has 36 heavy (non-hydrogen) atoms. The molecular weight excluding hydrogens is 468 g/mol. The van der Waals surface area contributed by atoms with Gasteiger partial charge in [-0.1, -0.05) is 6.07 Å². The van der Waals surface area contributed by atoms with Gasteiger partial charge in [-0.3, -0.25) is 9.59 Å². The third-order valence-corrected chi connectivity index (χ3v) is 6.62. The first-order valence-corrected chi connectivity index (χ1v) is 11.6. The van der Waals surface area contributed by atoms with Crippen molar-refractivity contribution in [2.45, 2.75) is 25.8 Å². The van der Waals surface area contributed by atoms with Gasteiger partial charge in [0.05, 0.1) is 16.9 Å². The Morgan fingerprint density at radius 2 is 1.89 bits per heavy atom. The molecule has 2 aromatic heterocycles. The van der Waals surface area contributed by atoms with Crippen LogP contribution < -0.4 is 21.5 Å². The van der Waals surface area contributed by atoms with Crippen LogP contribution in [-0.2, 0) is 7.05 Å². The summed E-state index contributed by atoms with van der Waals surface area (Å²) in [5.41, 5.74) is 7.33. The van der Waals surface area contributed by atoms with E-state index in [0.29, 0.717) is 16.9 Å². The highest BCUT2D eigenvalue weighted by molar-refractivity contribution is 6.08. The van der Waals surface area contributed by atoms with Crippen LogP contribution in [-0.4, -0.2) is 44.4 Å². The number of carbonyl (C=O) groups excluding carboxylic acids is 1. The van der Waals surface area contributed by atoms with Crippen LogP contribution in [0.5, 0.6) is 0 Å². The van der Waals surface area contributed by atoms with Crippen molar-refractivity contribution < 1.29 is 13.6 Å². The summed E-state index contributed by atoms with van der Waals surface area (Å²) in [6.07, 6.45) is 1.88. The minimum absolute atomic E-state index is 0.0950. The van der Waals surface area contributed by atoms with Crippen LogP contribution >= 0.6 is 0 Å². The van der Waals surface area contributed by atoms with Gasteiger partial charge >= 0.3 is 0 Å². The Bertz CT molecular complexity index is 1530. The van der Waals surface area contributed by atoms with E-state index in [4.69, 9.17) is 10.7 Å². The van der Waals surface area contributed by atoms with E-state index in [0.717, 1.165) is 60.1 Å². The molecule has 1 aliphatic rings. The number of halogens is 2. The lowest BCUT2D eigenvalue weighted by Crippen LogP contribution is -2.36. The number of anilines is 2. The summed E-state index contributed by atoms with van der Waals surface area (Å²) in [4.78, 5) is 32.5. The highest BCUT2D eigenvalue weighted by atomic mass is 19.1. The van der Waals surface area contributed by atoms with E-state index in [1.54, 1.807) is 6.07 Å². The van der Waals surface area contributed by atoms with E-state index in [1.165, 1.54) is 12.1 Å². The molecule has 1 amide bonds.